The van der Waals surface area contributed by atoms with E-state index in [4.69, 9.17) is 18.9 Å². The Labute approximate surface area is 436 Å². The van der Waals surface area contributed by atoms with Crippen LogP contribution < -0.4 is 18.9 Å². The smallest absolute Gasteiger partial charge is 0.343 e. The van der Waals surface area contributed by atoms with Crippen LogP contribution in [0.5, 0.6) is 23.0 Å². The zero-order valence-corrected chi connectivity index (χ0v) is 43.3. The lowest BCUT2D eigenvalue weighted by atomic mass is 10.0. The van der Waals surface area contributed by atoms with Crippen molar-refractivity contribution in [3.63, 3.8) is 0 Å². The molecule has 8 nitrogen and oxygen atoms in total. The second-order valence-corrected chi connectivity index (χ2v) is 19.1. The van der Waals surface area contributed by atoms with Crippen LogP contribution in [0.4, 0.5) is 8.78 Å². The van der Waals surface area contributed by atoms with Crippen LogP contribution in [0.25, 0.3) is 11.1 Å². The molecule has 6 aromatic rings. The van der Waals surface area contributed by atoms with Gasteiger partial charge in [0.25, 0.3) is 0 Å². The fraction of sp³-hybridized carbons (Fsp3) is 0.375. The molecule has 0 heterocycles. The molecule has 6 rings (SSSR count). The highest BCUT2D eigenvalue weighted by atomic mass is 19.1. The minimum absolute atomic E-state index is 0.0641. The van der Waals surface area contributed by atoms with E-state index in [-0.39, 0.29) is 39.5 Å². The maximum absolute atomic E-state index is 15.8. The Morgan fingerprint density at radius 3 is 1.08 bits per heavy atom. The van der Waals surface area contributed by atoms with E-state index in [0.717, 1.165) is 31.7 Å². The normalized spacial score (nSPS) is 11.0. The predicted octanol–water partition coefficient (Wildman–Crippen LogP) is 17.4. The first kappa shape index (κ1) is 56.4. The van der Waals surface area contributed by atoms with Crippen molar-refractivity contribution in [2.24, 2.45) is 0 Å². The fourth-order valence-corrected chi connectivity index (χ4v) is 8.80. The van der Waals surface area contributed by atoms with Gasteiger partial charge in [-0.25, -0.2) is 28.0 Å². The monoisotopic (exact) mass is 1010 g/mol. The van der Waals surface area contributed by atoms with Crippen molar-refractivity contribution in [3.05, 3.63) is 178 Å². The van der Waals surface area contributed by atoms with Gasteiger partial charge in [-0.3, -0.25) is 0 Å². The molecule has 0 aliphatic rings. The Bertz CT molecular complexity index is 2680. The second-order valence-electron chi connectivity index (χ2n) is 19.1. The maximum atomic E-state index is 15.8. The van der Waals surface area contributed by atoms with Crippen LogP contribution in [-0.4, -0.2) is 23.9 Å². The summed E-state index contributed by atoms with van der Waals surface area (Å²) in [6.07, 6.45) is 27.5. The molecule has 0 atom stereocenters. The SMILES string of the molecule is CCCCCCCCCCCCc1ccc(C(=O)Oc2ccc(C(=O)Oc3ccc(-c4cccc(OC(=O)c5ccc(OC(=O)c6ccc(CCCCCCCCCCCC)cc6)cc5)c4F)c(F)c3)cc2)cc1. The lowest BCUT2D eigenvalue weighted by molar-refractivity contribution is 0.0717. The van der Waals surface area contributed by atoms with Gasteiger partial charge in [-0.1, -0.05) is 166 Å². The molecule has 10 heteroatoms. The molecule has 6 aromatic carbocycles. The Balaban J connectivity index is 0.920. The highest BCUT2D eigenvalue weighted by Gasteiger charge is 2.20. The molecule has 74 heavy (non-hydrogen) atoms. The summed E-state index contributed by atoms with van der Waals surface area (Å²) in [4.78, 5) is 51.8. The van der Waals surface area contributed by atoms with Crippen molar-refractivity contribution in [2.45, 2.75) is 155 Å². The Morgan fingerprint density at radius 1 is 0.351 bits per heavy atom. The summed E-state index contributed by atoms with van der Waals surface area (Å²) in [5, 5.41) is 0. The van der Waals surface area contributed by atoms with E-state index in [2.05, 4.69) is 13.8 Å². The van der Waals surface area contributed by atoms with Gasteiger partial charge >= 0.3 is 23.9 Å². The van der Waals surface area contributed by atoms with Crippen LogP contribution in [0.15, 0.2) is 133 Å². The standard InChI is InChI=1S/C64H72F2O8/c1-3-5-7-9-11-13-15-17-19-21-24-47-28-32-49(33-29-47)61(67)71-53-40-36-51(37-41-53)63(69)73-55-44-45-56(58(65)46-55)57-26-23-27-59(60(57)66)74-64(70)52-38-42-54(43-39-52)72-62(68)50-34-30-48(31-35-50)25-22-20-18-16-14-12-10-8-6-4-2/h23,26-46H,3-22,24-25H2,1-2H3. The number of carbonyl (C=O) groups excluding carboxylic acids is 4. The van der Waals surface area contributed by atoms with Crippen molar-refractivity contribution in [3.8, 4) is 34.1 Å². The number of unbranched alkanes of at least 4 members (excludes halogenated alkanes) is 18. The number of rotatable bonds is 31. The van der Waals surface area contributed by atoms with Gasteiger partial charge in [0.2, 0.25) is 0 Å². The van der Waals surface area contributed by atoms with Crippen LogP contribution >= 0.6 is 0 Å². The molecule has 0 amide bonds. The zero-order valence-electron chi connectivity index (χ0n) is 43.3. The van der Waals surface area contributed by atoms with Crippen molar-refractivity contribution < 1.29 is 46.9 Å². The molecule has 0 radical (unpaired) electrons. The number of carbonyl (C=O) groups is 4. The third-order valence-electron chi connectivity index (χ3n) is 13.2. The summed E-state index contributed by atoms with van der Waals surface area (Å²) in [5.74, 6) is -4.75. The molecule has 0 spiro atoms. The molecule has 0 aromatic heterocycles. The minimum Gasteiger partial charge on any atom is -0.423 e. The number of aryl methyl sites for hydroxylation is 2. The average Bonchev–Trinajstić information content (AvgIpc) is 3.41. The topological polar surface area (TPSA) is 105 Å². The number of hydrogen-bond acceptors (Lipinski definition) is 8. The highest BCUT2D eigenvalue weighted by molar-refractivity contribution is 5.94. The van der Waals surface area contributed by atoms with E-state index < -0.39 is 41.3 Å². The molecule has 0 aliphatic heterocycles. The Kier molecular flexibility index (Phi) is 23.6. The molecule has 0 unspecified atom stereocenters. The lowest BCUT2D eigenvalue weighted by Crippen LogP contribution is -2.11. The van der Waals surface area contributed by atoms with Gasteiger partial charge < -0.3 is 18.9 Å². The van der Waals surface area contributed by atoms with Crippen LogP contribution in [0.1, 0.15) is 195 Å². The molecule has 0 fully saturated rings. The molecule has 0 N–H and O–H groups in total. The summed E-state index contributed by atoms with van der Waals surface area (Å²) in [6.45, 7) is 4.48. The van der Waals surface area contributed by atoms with Gasteiger partial charge in [0.05, 0.1) is 22.3 Å². The van der Waals surface area contributed by atoms with E-state index >= 15 is 8.78 Å². The minimum atomic E-state index is -0.984. The lowest BCUT2D eigenvalue weighted by Gasteiger charge is -2.11. The Morgan fingerprint density at radius 2 is 0.689 bits per heavy atom. The van der Waals surface area contributed by atoms with Gasteiger partial charge in [0, 0.05) is 17.2 Å². The van der Waals surface area contributed by atoms with Crippen molar-refractivity contribution in [2.75, 3.05) is 0 Å². The van der Waals surface area contributed by atoms with Crippen molar-refractivity contribution >= 4 is 23.9 Å². The van der Waals surface area contributed by atoms with Gasteiger partial charge in [-0.05, 0) is 128 Å². The molecule has 0 bridgehead atoms. The van der Waals surface area contributed by atoms with E-state index in [1.54, 1.807) is 24.3 Å². The van der Waals surface area contributed by atoms with E-state index in [1.807, 2.05) is 24.3 Å². The fourth-order valence-electron chi connectivity index (χ4n) is 8.80. The number of ether oxygens (including phenoxy) is 4. The van der Waals surface area contributed by atoms with Gasteiger partial charge in [0.15, 0.2) is 11.6 Å². The first-order chi connectivity index (χ1) is 36.1. The second kappa shape index (κ2) is 30.9. The predicted molar refractivity (Wildman–Crippen MR) is 288 cm³/mol. The quantitative estimate of drug-likeness (QED) is 0.0241. The highest BCUT2D eigenvalue weighted by Crippen LogP contribution is 2.33. The summed E-state index contributed by atoms with van der Waals surface area (Å²) in [5.41, 5.74) is 2.99. The first-order valence-corrected chi connectivity index (χ1v) is 27.0. The molecular formula is C64H72F2O8. The summed E-state index contributed by atoms with van der Waals surface area (Å²) in [6, 6.07) is 33.8. The van der Waals surface area contributed by atoms with E-state index in [0.29, 0.717) is 11.1 Å². The van der Waals surface area contributed by atoms with Crippen LogP contribution in [0.3, 0.4) is 0 Å². The van der Waals surface area contributed by atoms with Gasteiger partial charge in [0.1, 0.15) is 23.1 Å². The van der Waals surface area contributed by atoms with Crippen LogP contribution in [0, 0.1) is 11.6 Å². The summed E-state index contributed by atoms with van der Waals surface area (Å²) >= 11 is 0. The maximum Gasteiger partial charge on any atom is 0.343 e. The van der Waals surface area contributed by atoms with Crippen molar-refractivity contribution in [1.29, 1.82) is 0 Å². The largest absolute Gasteiger partial charge is 0.423 e. The number of esters is 4. The van der Waals surface area contributed by atoms with E-state index in [9.17, 15) is 19.2 Å². The molecular weight excluding hydrogens is 935 g/mol. The zero-order chi connectivity index (χ0) is 52.3. The van der Waals surface area contributed by atoms with Gasteiger partial charge in [-0.2, -0.15) is 0 Å². The summed E-state index contributed by atoms with van der Waals surface area (Å²) < 4.78 is 53.2. The third-order valence-corrected chi connectivity index (χ3v) is 13.2. The number of benzene rings is 6. The molecule has 0 saturated heterocycles. The van der Waals surface area contributed by atoms with Crippen LogP contribution in [-0.2, 0) is 12.8 Å². The van der Waals surface area contributed by atoms with Crippen LogP contribution in [0.2, 0.25) is 0 Å². The summed E-state index contributed by atoms with van der Waals surface area (Å²) in [7, 11) is 0. The van der Waals surface area contributed by atoms with E-state index in [1.165, 1.54) is 206 Å². The number of hydrogen-bond donors (Lipinski definition) is 0. The van der Waals surface area contributed by atoms with Crippen molar-refractivity contribution in [1.82, 2.24) is 0 Å². The molecule has 0 aliphatic carbocycles. The first-order valence-electron chi connectivity index (χ1n) is 27.0. The number of halogens is 2. The molecule has 0 saturated carbocycles. The molecule has 390 valence electrons. The average molecular weight is 1010 g/mol. The van der Waals surface area contributed by atoms with Gasteiger partial charge in [-0.15, -0.1) is 0 Å². The Hall–Kier alpha value is -6.94. The third kappa shape index (κ3) is 18.5.